The molecule has 0 N–H and O–H groups in total. The van der Waals surface area contributed by atoms with Crippen LogP contribution in [0.4, 0.5) is 0 Å². The zero-order valence-corrected chi connectivity index (χ0v) is 5.34. The van der Waals surface area contributed by atoms with Crippen molar-refractivity contribution in [2.75, 3.05) is 6.26 Å². The Hall–Kier alpha value is 1.14. The van der Waals surface area contributed by atoms with Crippen molar-refractivity contribution in [3.05, 3.63) is 0 Å². The minimum atomic E-state index is 0.109. The summed E-state index contributed by atoms with van der Waals surface area (Å²) < 4.78 is 0. The Bertz CT molecular complexity index is 54.2. The third-order valence-corrected chi connectivity index (χ3v) is 0. The zero-order chi connectivity index (χ0) is 3.58. The van der Waals surface area contributed by atoms with Crippen molar-refractivity contribution >= 4 is 35.0 Å². The van der Waals surface area contributed by atoms with E-state index in [2.05, 4.69) is 21.2 Å². The van der Waals surface area contributed by atoms with Crippen LogP contribution < -0.4 is 0 Å². The molecule has 0 amide bonds. The molecule has 0 bridgehead atoms. The van der Waals surface area contributed by atoms with Gasteiger partial charge < -0.3 is 0 Å². The van der Waals surface area contributed by atoms with Gasteiger partial charge in [-0.05, 0) is 0 Å². The average Bonchev–Trinajstić information content (AvgIpc) is 0.811. The SMILES string of the molecule is B#[S-](C)I. The van der Waals surface area contributed by atoms with E-state index in [1.807, 2.05) is 6.26 Å². The van der Waals surface area contributed by atoms with Crippen molar-refractivity contribution in [1.29, 1.82) is 0 Å². The van der Waals surface area contributed by atoms with E-state index in [0.717, 1.165) is 0 Å². The molecule has 0 aliphatic rings. The molecular weight excluding hydrogens is 182 g/mol. The summed E-state index contributed by atoms with van der Waals surface area (Å²) in [5, 5.41) is 0. The predicted molar refractivity (Wildman–Crippen MR) is 33.1 cm³/mol. The molecule has 0 saturated carbocycles. The van der Waals surface area contributed by atoms with Gasteiger partial charge in [-0.1, -0.05) is 0 Å². The van der Waals surface area contributed by atoms with Gasteiger partial charge in [-0.2, -0.15) is 0 Å². The Morgan fingerprint density at radius 3 is 2.00 bits per heavy atom. The molecule has 4 heavy (non-hydrogen) atoms. The molecule has 0 saturated heterocycles. The molecule has 0 aliphatic heterocycles. The molecular formula is CH3BIS-. The Morgan fingerprint density at radius 1 is 2.00 bits per heavy atom. The van der Waals surface area contributed by atoms with Crippen LogP contribution in [-0.4, -0.2) is 12.8 Å². The summed E-state index contributed by atoms with van der Waals surface area (Å²) >= 11 is 2.15. The molecule has 0 rings (SSSR count). The van der Waals surface area contributed by atoms with Gasteiger partial charge in [0.05, 0.1) is 0 Å². The Labute approximate surface area is 41.4 Å². The molecule has 0 heterocycles. The summed E-state index contributed by atoms with van der Waals surface area (Å²) in [7, 11) is 0.109. The van der Waals surface area contributed by atoms with Crippen LogP contribution in [-0.2, 0) is 7.30 Å². The predicted octanol–water partition coefficient (Wildman–Crippen LogP) is 0.668. The summed E-state index contributed by atoms with van der Waals surface area (Å²) in [6.07, 6.45) is 1.96. The van der Waals surface area contributed by atoms with Crippen LogP contribution in [0, 0.1) is 0 Å². The first-order valence-corrected chi connectivity index (χ1v) is 5.04. The molecule has 0 spiro atoms. The minimum absolute atomic E-state index is 0.109. The normalized spacial score (nSPS) is 9.25. The first-order chi connectivity index (χ1) is 1.73. The first kappa shape index (κ1) is 5.14. The van der Waals surface area contributed by atoms with Crippen LogP contribution in [0.3, 0.4) is 0 Å². The van der Waals surface area contributed by atoms with E-state index in [4.69, 9.17) is 6.53 Å². The van der Waals surface area contributed by atoms with Crippen LogP contribution in [0.5, 0.6) is 0 Å². The standard InChI is InChI=1S/CH3BIS/c1-4(2)3/h1H3/q-1. The second kappa shape index (κ2) is 2.39. The number of hydrogen-bond acceptors (Lipinski definition) is 1. The fourth-order valence-corrected chi connectivity index (χ4v) is 0. The molecule has 0 aromatic heterocycles. The van der Waals surface area contributed by atoms with Gasteiger partial charge >= 0.3 is 41.3 Å². The van der Waals surface area contributed by atoms with Crippen molar-refractivity contribution in [1.82, 2.24) is 0 Å². The van der Waals surface area contributed by atoms with Crippen LogP contribution in [0.1, 0.15) is 0 Å². The third-order valence-electron chi connectivity index (χ3n) is 0. The van der Waals surface area contributed by atoms with Gasteiger partial charge in [0.15, 0.2) is 0 Å². The van der Waals surface area contributed by atoms with Gasteiger partial charge in [0.1, 0.15) is 0 Å². The second-order valence-electron chi connectivity index (χ2n) is 0.479. The van der Waals surface area contributed by atoms with E-state index in [1.165, 1.54) is 0 Å². The summed E-state index contributed by atoms with van der Waals surface area (Å²) in [5.41, 5.74) is 0. The Balaban J connectivity index is 3.02. The fourth-order valence-electron chi connectivity index (χ4n) is 0. The van der Waals surface area contributed by atoms with E-state index >= 15 is 0 Å². The molecule has 24 valence electrons. The quantitative estimate of drug-likeness (QED) is 0.295. The van der Waals surface area contributed by atoms with Gasteiger partial charge in [-0.15, -0.1) is 0 Å². The molecule has 0 aliphatic carbocycles. The van der Waals surface area contributed by atoms with Gasteiger partial charge in [0.2, 0.25) is 0 Å². The van der Waals surface area contributed by atoms with E-state index in [0.29, 0.717) is 0 Å². The van der Waals surface area contributed by atoms with Crippen LogP contribution in [0.2, 0.25) is 0 Å². The Kier molecular flexibility index (Phi) is 3.07. The van der Waals surface area contributed by atoms with Gasteiger partial charge in [0, 0.05) is 0 Å². The molecule has 0 nitrogen and oxygen atoms in total. The number of halogens is 1. The maximum absolute atomic E-state index is 5.13. The molecule has 0 aromatic rings. The summed E-state index contributed by atoms with van der Waals surface area (Å²) in [5.74, 6) is 0. The zero-order valence-electron chi connectivity index (χ0n) is 2.36. The van der Waals surface area contributed by atoms with Crippen molar-refractivity contribution in [3.63, 3.8) is 0 Å². The number of hydrogen-bond donors (Lipinski definition) is 0. The summed E-state index contributed by atoms with van der Waals surface area (Å²) in [4.78, 5) is 0. The topological polar surface area (TPSA) is 0 Å². The van der Waals surface area contributed by atoms with Crippen molar-refractivity contribution in [2.24, 2.45) is 0 Å². The Morgan fingerprint density at radius 2 is 2.00 bits per heavy atom. The maximum atomic E-state index is 5.13. The average molecular weight is 185 g/mol. The molecule has 0 radical (unpaired) electrons. The molecule has 0 fully saturated rings. The second-order valence-corrected chi connectivity index (χ2v) is 5.61. The van der Waals surface area contributed by atoms with Crippen molar-refractivity contribution in [2.45, 2.75) is 0 Å². The fraction of sp³-hybridized carbons (Fsp3) is 1.00. The first-order valence-electron chi connectivity index (χ1n) is 0.798. The van der Waals surface area contributed by atoms with Crippen molar-refractivity contribution < 1.29 is 0 Å². The number of rotatable bonds is 0. The van der Waals surface area contributed by atoms with E-state index in [-0.39, 0.29) is 7.30 Å². The van der Waals surface area contributed by atoms with E-state index < -0.39 is 0 Å². The van der Waals surface area contributed by atoms with E-state index in [1.54, 1.807) is 0 Å². The van der Waals surface area contributed by atoms with Crippen molar-refractivity contribution in [3.8, 4) is 0 Å². The van der Waals surface area contributed by atoms with Crippen LogP contribution in [0.25, 0.3) is 0 Å². The summed E-state index contributed by atoms with van der Waals surface area (Å²) in [6.45, 7) is 5.13. The third kappa shape index (κ3) is 11.0. The molecule has 3 heteroatoms. The van der Waals surface area contributed by atoms with Crippen LogP contribution >= 0.6 is 21.2 Å². The van der Waals surface area contributed by atoms with Gasteiger partial charge in [-0.25, -0.2) is 0 Å². The molecule has 0 unspecified atom stereocenters. The van der Waals surface area contributed by atoms with E-state index in [9.17, 15) is 0 Å². The van der Waals surface area contributed by atoms with Crippen LogP contribution in [0.15, 0.2) is 0 Å². The monoisotopic (exact) mass is 185 g/mol. The summed E-state index contributed by atoms with van der Waals surface area (Å²) in [6, 6.07) is 0. The van der Waals surface area contributed by atoms with Gasteiger partial charge in [-0.3, -0.25) is 0 Å². The van der Waals surface area contributed by atoms with Gasteiger partial charge in [0.25, 0.3) is 0 Å². The molecule has 0 atom stereocenters. The molecule has 0 aromatic carbocycles.